The van der Waals surface area contributed by atoms with Crippen LogP contribution in [0.1, 0.15) is 80.6 Å². The molecule has 0 N–H and O–H groups in total. The third-order valence-electron chi connectivity index (χ3n) is 8.06. The Labute approximate surface area is 264 Å². The summed E-state index contributed by atoms with van der Waals surface area (Å²) in [4.78, 5) is 24.4. The Morgan fingerprint density at radius 1 is 0.818 bits per heavy atom. The zero-order valence-corrected chi connectivity index (χ0v) is 28.6. The highest BCUT2D eigenvalue weighted by atomic mass is 28.4. The molecular weight excluding hydrogens is 576 g/mol. The summed E-state index contributed by atoms with van der Waals surface area (Å²) >= 11 is 0. The maximum atomic E-state index is 12.3. The minimum absolute atomic E-state index is 0.170. The van der Waals surface area contributed by atoms with E-state index in [-0.39, 0.29) is 11.6 Å². The zero-order chi connectivity index (χ0) is 32.2. The van der Waals surface area contributed by atoms with Crippen LogP contribution in [-0.2, 0) is 37.7 Å². The second-order valence-electron chi connectivity index (χ2n) is 12.5. The van der Waals surface area contributed by atoms with Gasteiger partial charge in [-0.05, 0) is 28.3 Å². The summed E-state index contributed by atoms with van der Waals surface area (Å²) in [7, 11) is -2.85. The van der Waals surface area contributed by atoms with Crippen LogP contribution in [0, 0.1) is 0 Å². The van der Waals surface area contributed by atoms with Crippen molar-refractivity contribution in [3.63, 3.8) is 0 Å². The fraction of sp³-hybridized carbons (Fsp3) is 0.600. The second-order valence-corrected chi connectivity index (χ2v) is 16.9. The summed E-state index contributed by atoms with van der Waals surface area (Å²) in [6, 6.07) is 20.9. The quantitative estimate of drug-likeness (QED) is 0.128. The highest BCUT2D eigenvalue weighted by Gasteiger charge is 2.60. The smallest absolute Gasteiger partial charge is 0.305 e. The van der Waals surface area contributed by atoms with Crippen molar-refractivity contribution in [1.82, 2.24) is 0 Å². The number of unbranched alkanes of at least 4 members (excludes halogenated alkanes) is 2. The molecule has 0 saturated carbocycles. The third-order valence-corrected chi connectivity index (χ3v) is 13.1. The Kier molecular flexibility index (Phi) is 13.6. The first-order valence-electron chi connectivity index (χ1n) is 16.0. The van der Waals surface area contributed by atoms with Gasteiger partial charge in [0.2, 0.25) is 6.29 Å². The zero-order valence-electron chi connectivity index (χ0n) is 27.6. The molecule has 244 valence electrons. The first-order valence-corrected chi connectivity index (χ1v) is 17.9. The van der Waals surface area contributed by atoms with Gasteiger partial charge in [-0.1, -0.05) is 108 Å². The van der Waals surface area contributed by atoms with Gasteiger partial charge in [0.15, 0.2) is 6.10 Å². The number of hydrogen-bond acceptors (Lipinski definition) is 8. The van der Waals surface area contributed by atoms with Crippen molar-refractivity contribution >= 4 is 30.6 Å². The van der Waals surface area contributed by atoms with Gasteiger partial charge in [-0.15, -0.1) is 0 Å². The SMILES string of the molecule is CCCCOC[C@@]1(CCO[Si](c2ccccc2)(c2ccccc2)C(C)(C)C)O[C@@H](OC(C)=O)C(OC(C)=O)C1OCCCC. The summed E-state index contributed by atoms with van der Waals surface area (Å²) in [6.45, 7) is 15.0. The highest BCUT2D eigenvalue weighted by molar-refractivity contribution is 6.99. The number of hydrogen-bond donors (Lipinski definition) is 0. The molecule has 0 amide bonds. The Bertz CT molecular complexity index is 1110. The first-order chi connectivity index (χ1) is 21.0. The molecule has 8 nitrogen and oxygen atoms in total. The van der Waals surface area contributed by atoms with Gasteiger partial charge in [0, 0.05) is 40.1 Å². The molecule has 1 heterocycles. The van der Waals surface area contributed by atoms with Crippen molar-refractivity contribution in [3.05, 3.63) is 60.7 Å². The van der Waals surface area contributed by atoms with Gasteiger partial charge in [-0.3, -0.25) is 9.59 Å². The van der Waals surface area contributed by atoms with Crippen molar-refractivity contribution in [1.29, 1.82) is 0 Å². The summed E-state index contributed by atoms with van der Waals surface area (Å²) in [5.41, 5.74) is -1.09. The summed E-state index contributed by atoms with van der Waals surface area (Å²) in [5.74, 6) is -1.04. The predicted molar refractivity (Wildman–Crippen MR) is 173 cm³/mol. The van der Waals surface area contributed by atoms with E-state index >= 15 is 0 Å². The van der Waals surface area contributed by atoms with Gasteiger partial charge in [0.1, 0.15) is 11.7 Å². The molecule has 4 atom stereocenters. The predicted octanol–water partition coefficient (Wildman–Crippen LogP) is 5.55. The van der Waals surface area contributed by atoms with E-state index in [0.29, 0.717) is 26.2 Å². The van der Waals surface area contributed by atoms with E-state index < -0.39 is 44.4 Å². The minimum atomic E-state index is -2.85. The largest absolute Gasteiger partial charge is 0.453 e. The van der Waals surface area contributed by atoms with Crippen molar-refractivity contribution in [2.75, 3.05) is 26.4 Å². The number of carbonyl (C=O) groups is 2. The maximum Gasteiger partial charge on any atom is 0.305 e. The normalized spacial score (nSPS) is 22.1. The van der Waals surface area contributed by atoms with Gasteiger partial charge in [0.05, 0.1) is 6.61 Å². The number of benzene rings is 2. The lowest BCUT2D eigenvalue weighted by atomic mass is 9.92. The van der Waals surface area contributed by atoms with Gasteiger partial charge in [0.25, 0.3) is 8.32 Å². The van der Waals surface area contributed by atoms with Gasteiger partial charge >= 0.3 is 11.9 Å². The van der Waals surface area contributed by atoms with Crippen LogP contribution in [0.25, 0.3) is 0 Å². The van der Waals surface area contributed by atoms with Crippen LogP contribution in [0.2, 0.25) is 5.04 Å². The summed E-state index contributed by atoms with van der Waals surface area (Å²) in [6.07, 6.45) is 1.16. The van der Waals surface area contributed by atoms with E-state index in [2.05, 4.69) is 83.1 Å². The second kappa shape index (κ2) is 16.7. The number of rotatable bonds is 17. The van der Waals surface area contributed by atoms with Crippen molar-refractivity contribution in [3.8, 4) is 0 Å². The molecule has 44 heavy (non-hydrogen) atoms. The molecule has 0 radical (unpaired) electrons. The van der Waals surface area contributed by atoms with Gasteiger partial charge in [-0.25, -0.2) is 0 Å². The van der Waals surface area contributed by atoms with Gasteiger partial charge in [-0.2, -0.15) is 0 Å². The lowest BCUT2D eigenvalue weighted by molar-refractivity contribution is -0.213. The van der Waals surface area contributed by atoms with Crippen molar-refractivity contribution < 1.29 is 37.7 Å². The molecule has 1 aliphatic heterocycles. The Hall–Kier alpha value is -2.56. The molecule has 0 aromatic heterocycles. The van der Waals surface area contributed by atoms with E-state index in [4.69, 9.17) is 28.1 Å². The average Bonchev–Trinajstić information content (AvgIpc) is 3.24. The molecule has 1 aliphatic rings. The van der Waals surface area contributed by atoms with Crippen molar-refractivity contribution in [2.24, 2.45) is 0 Å². The molecule has 1 saturated heterocycles. The fourth-order valence-corrected chi connectivity index (χ4v) is 10.6. The standard InChI is InChI=1S/C35H52O8Si/c1-8-10-23-38-26-35(32(39-24-11-9-2)31(41-27(3)36)33(43-35)42-28(4)37)22-25-40-44(34(5,6)7,29-18-14-12-15-19-29)30-20-16-13-17-21-30/h12-21,31-33H,8-11,22-26H2,1-7H3/t31?,32?,33-,35-/m1/s1. The van der Waals surface area contributed by atoms with Crippen LogP contribution >= 0.6 is 0 Å². The van der Waals surface area contributed by atoms with Crippen LogP contribution in [-0.4, -0.2) is 70.8 Å². The molecule has 0 aliphatic carbocycles. The Morgan fingerprint density at radius 3 is 1.86 bits per heavy atom. The fourth-order valence-electron chi connectivity index (χ4n) is 5.99. The molecule has 9 heteroatoms. The topological polar surface area (TPSA) is 89.5 Å². The lowest BCUT2D eigenvalue weighted by Gasteiger charge is -2.44. The van der Waals surface area contributed by atoms with E-state index in [1.165, 1.54) is 24.2 Å². The Morgan fingerprint density at radius 2 is 1.36 bits per heavy atom. The molecular formula is C35H52O8Si. The molecule has 0 spiro atoms. The first kappa shape index (κ1) is 35.9. The van der Waals surface area contributed by atoms with Gasteiger partial charge < -0.3 is 28.1 Å². The van der Waals surface area contributed by atoms with E-state index in [1.54, 1.807) is 0 Å². The Balaban J connectivity index is 2.05. The molecule has 2 aromatic carbocycles. The van der Waals surface area contributed by atoms with Crippen LogP contribution in [0.3, 0.4) is 0 Å². The van der Waals surface area contributed by atoms with Crippen LogP contribution in [0.15, 0.2) is 60.7 Å². The maximum absolute atomic E-state index is 12.3. The van der Waals surface area contributed by atoms with E-state index in [9.17, 15) is 9.59 Å². The van der Waals surface area contributed by atoms with E-state index in [1.807, 2.05) is 12.1 Å². The average molecular weight is 629 g/mol. The van der Waals surface area contributed by atoms with Crippen LogP contribution in [0.4, 0.5) is 0 Å². The van der Waals surface area contributed by atoms with Crippen molar-refractivity contribution in [2.45, 2.75) is 110 Å². The number of ether oxygens (including phenoxy) is 5. The molecule has 1 fully saturated rings. The molecule has 3 rings (SSSR count). The molecule has 2 aromatic rings. The molecule has 2 unspecified atom stereocenters. The van der Waals surface area contributed by atoms with E-state index in [0.717, 1.165) is 25.7 Å². The molecule has 0 bridgehead atoms. The third kappa shape index (κ3) is 8.79. The minimum Gasteiger partial charge on any atom is -0.453 e. The summed E-state index contributed by atoms with van der Waals surface area (Å²) < 4.78 is 37.7. The highest BCUT2D eigenvalue weighted by Crippen LogP contribution is 2.41. The number of esters is 2. The van der Waals surface area contributed by atoms with Crippen LogP contribution in [0.5, 0.6) is 0 Å². The summed E-state index contributed by atoms with van der Waals surface area (Å²) in [5, 5.41) is 2.13. The lowest BCUT2D eigenvalue weighted by Crippen LogP contribution is -2.67. The van der Waals surface area contributed by atoms with Crippen LogP contribution < -0.4 is 10.4 Å². The monoisotopic (exact) mass is 628 g/mol. The number of carbonyl (C=O) groups excluding carboxylic acids is 2.